The van der Waals surface area contributed by atoms with Gasteiger partial charge in [-0.3, -0.25) is 9.88 Å². The van der Waals surface area contributed by atoms with Gasteiger partial charge in [-0.2, -0.15) is 5.26 Å². The molecule has 1 aromatic heterocycles. The van der Waals surface area contributed by atoms with Crippen molar-refractivity contribution in [2.75, 3.05) is 43.1 Å². The molecule has 2 saturated heterocycles. The maximum Gasteiger partial charge on any atom is 0.408 e. The molecule has 4 heterocycles. The summed E-state index contributed by atoms with van der Waals surface area (Å²) in [6.07, 6.45) is 1.22. The number of benzene rings is 2. The summed E-state index contributed by atoms with van der Waals surface area (Å²) >= 11 is 0. The van der Waals surface area contributed by atoms with E-state index in [0.29, 0.717) is 24.7 Å². The maximum atomic E-state index is 12.4. The fourth-order valence-corrected chi connectivity index (χ4v) is 6.65. The Bertz CT molecular complexity index is 1510. The summed E-state index contributed by atoms with van der Waals surface area (Å²) in [7, 11) is 1.69. The van der Waals surface area contributed by atoms with Crippen molar-refractivity contribution in [3.05, 3.63) is 65.4 Å². The standard InChI is InChI=1S/C32H38N6O3/c1-20-15-37(27-11-8-21(14-33)30-25(27)7-6-12-34-30)18-28-24-10-9-23(13-22(24)16-38(20)28)36-17-26(29(19-36)40-5)35-31(39)41-32(2,3)4/h6-13,20,26,28-29H,15-19H2,1-5H3,(H,35,39)/t20-,26+,28-,29+/m1/s1. The number of piperazine rings is 1. The van der Waals surface area contributed by atoms with Crippen LogP contribution < -0.4 is 15.1 Å². The third-order valence-corrected chi connectivity index (χ3v) is 8.53. The molecule has 3 aliphatic heterocycles. The number of ether oxygens (including phenoxy) is 2. The lowest BCUT2D eigenvalue weighted by Gasteiger charge is -2.43. The molecule has 2 fully saturated rings. The number of fused-ring (bicyclic) bond motifs is 4. The maximum absolute atomic E-state index is 12.4. The molecule has 0 unspecified atom stereocenters. The van der Waals surface area contributed by atoms with Crippen LogP contribution in [0, 0.1) is 11.3 Å². The van der Waals surface area contributed by atoms with Crippen molar-refractivity contribution in [3.8, 4) is 6.07 Å². The molecule has 3 aliphatic rings. The Balaban J connectivity index is 1.21. The molecule has 0 spiro atoms. The summed E-state index contributed by atoms with van der Waals surface area (Å²) in [6.45, 7) is 12.0. The number of aromatic nitrogens is 1. The number of nitrogens with one attached hydrogen (secondary N) is 1. The number of hydrogen-bond donors (Lipinski definition) is 1. The molecular weight excluding hydrogens is 516 g/mol. The Morgan fingerprint density at radius 1 is 1.10 bits per heavy atom. The van der Waals surface area contributed by atoms with Gasteiger partial charge in [0.15, 0.2) is 0 Å². The zero-order valence-corrected chi connectivity index (χ0v) is 24.4. The number of amides is 1. The Morgan fingerprint density at radius 3 is 2.68 bits per heavy atom. The molecule has 9 nitrogen and oxygen atoms in total. The zero-order chi connectivity index (χ0) is 28.9. The molecule has 0 radical (unpaired) electrons. The second-order valence-corrected chi connectivity index (χ2v) is 12.4. The third-order valence-electron chi connectivity index (χ3n) is 8.53. The first kappa shape index (κ1) is 27.3. The van der Waals surface area contributed by atoms with E-state index in [1.165, 1.54) is 11.1 Å². The fourth-order valence-electron chi connectivity index (χ4n) is 6.65. The molecule has 1 N–H and O–H groups in total. The van der Waals surface area contributed by atoms with Gasteiger partial charge in [0, 0.05) is 68.8 Å². The van der Waals surface area contributed by atoms with E-state index in [4.69, 9.17) is 9.47 Å². The number of anilines is 2. The third kappa shape index (κ3) is 5.18. The van der Waals surface area contributed by atoms with Crippen LogP contribution in [-0.4, -0.2) is 73.1 Å². The fraction of sp³-hybridized carbons (Fsp3) is 0.469. The Hall–Kier alpha value is -3.87. The molecule has 214 valence electrons. The summed E-state index contributed by atoms with van der Waals surface area (Å²) in [5.74, 6) is 0. The highest BCUT2D eigenvalue weighted by Gasteiger charge is 2.40. The first-order valence-electron chi connectivity index (χ1n) is 14.3. The average molecular weight is 555 g/mol. The molecule has 1 amide bonds. The van der Waals surface area contributed by atoms with Crippen molar-refractivity contribution in [2.45, 2.75) is 64.1 Å². The van der Waals surface area contributed by atoms with Gasteiger partial charge >= 0.3 is 6.09 Å². The number of pyridine rings is 1. The first-order chi connectivity index (χ1) is 19.6. The average Bonchev–Trinajstić information content (AvgIpc) is 3.52. The molecule has 4 atom stereocenters. The van der Waals surface area contributed by atoms with E-state index < -0.39 is 11.7 Å². The van der Waals surface area contributed by atoms with Gasteiger partial charge in [-0.15, -0.1) is 0 Å². The highest BCUT2D eigenvalue weighted by Crippen LogP contribution is 2.42. The normalized spacial score (nSPS) is 24.2. The van der Waals surface area contributed by atoms with Gasteiger partial charge in [0.2, 0.25) is 0 Å². The second kappa shape index (κ2) is 10.5. The van der Waals surface area contributed by atoms with Gasteiger partial charge in [0.25, 0.3) is 0 Å². The molecule has 2 aromatic carbocycles. The molecule has 9 heteroatoms. The van der Waals surface area contributed by atoms with E-state index in [9.17, 15) is 10.1 Å². The van der Waals surface area contributed by atoms with Crippen LogP contribution in [-0.2, 0) is 16.0 Å². The number of nitriles is 1. The Morgan fingerprint density at radius 2 is 1.93 bits per heavy atom. The van der Waals surface area contributed by atoms with Crippen molar-refractivity contribution >= 4 is 28.4 Å². The van der Waals surface area contributed by atoms with E-state index in [1.54, 1.807) is 13.3 Å². The molecule has 41 heavy (non-hydrogen) atoms. The van der Waals surface area contributed by atoms with E-state index in [2.05, 4.69) is 68.3 Å². The number of alkyl carbamates (subject to hydrolysis) is 1. The first-order valence-corrected chi connectivity index (χ1v) is 14.3. The van der Waals surface area contributed by atoms with Crippen LogP contribution in [0.15, 0.2) is 48.7 Å². The van der Waals surface area contributed by atoms with Crippen LogP contribution in [0.2, 0.25) is 0 Å². The Kier molecular flexibility index (Phi) is 7.00. The van der Waals surface area contributed by atoms with Crippen LogP contribution in [0.25, 0.3) is 10.9 Å². The highest BCUT2D eigenvalue weighted by atomic mass is 16.6. The van der Waals surface area contributed by atoms with Crippen molar-refractivity contribution in [1.29, 1.82) is 5.26 Å². The minimum absolute atomic E-state index is 0.118. The molecular formula is C32H38N6O3. The second-order valence-electron chi connectivity index (χ2n) is 12.4. The lowest BCUT2D eigenvalue weighted by Crippen LogP contribution is -2.51. The SMILES string of the molecule is CO[C@H]1CN(c2ccc3c(c2)CN2[C@H](C)CN(c4ccc(C#N)c5ncccc45)C[C@H]32)C[C@@H]1NC(=O)OC(C)(C)C. The van der Waals surface area contributed by atoms with Crippen LogP contribution in [0.1, 0.15) is 50.4 Å². The van der Waals surface area contributed by atoms with Gasteiger partial charge in [0.05, 0.1) is 29.3 Å². The van der Waals surface area contributed by atoms with Crippen molar-refractivity contribution < 1.29 is 14.3 Å². The van der Waals surface area contributed by atoms with Crippen molar-refractivity contribution in [3.63, 3.8) is 0 Å². The molecule has 3 aromatic rings. The smallest absolute Gasteiger partial charge is 0.408 e. The minimum atomic E-state index is -0.548. The van der Waals surface area contributed by atoms with Crippen molar-refractivity contribution in [2.24, 2.45) is 0 Å². The van der Waals surface area contributed by atoms with Gasteiger partial charge in [-0.25, -0.2) is 4.79 Å². The number of carbonyl (C=O) groups excluding carboxylic acids is 1. The number of hydrogen-bond acceptors (Lipinski definition) is 8. The summed E-state index contributed by atoms with van der Waals surface area (Å²) in [6, 6.07) is 17.6. The largest absolute Gasteiger partial charge is 0.444 e. The van der Waals surface area contributed by atoms with E-state index >= 15 is 0 Å². The number of carbonyl (C=O) groups is 1. The number of rotatable bonds is 4. The van der Waals surface area contributed by atoms with Gasteiger partial charge in [-0.1, -0.05) is 6.07 Å². The minimum Gasteiger partial charge on any atom is -0.444 e. The van der Waals surface area contributed by atoms with Crippen LogP contribution >= 0.6 is 0 Å². The lowest BCUT2D eigenvalue weighted by molar-refractivity contribution is 0.0417. The lowest BCUT2D eigenvalue weighted by atomic mass is 9.99. The molecule has 0 saturated carbocycles. The predicted octanol–water partition coefficient (Wildman–Crippen LogP) is 4.60. The molecule has 0 aliphatic carbocycles. The van der Waals surface area contributed by atoms with Crippen LogP contribution in [0.4, 0.5) is 16.2 Å². The van der Waals surface area contributed by atoms with Gasteiger partial charge < -0.3 is 24.6 Å². The Labute approximate surface area is 241 Å². The summed E-state index contributed by atoms with van der Waals surface area (Å²) in [4.78, 5) is 24.3. The summed E-state index contributed by atoms with van der Waals surface area (Å²) in [5.41, 5.74) is 5.82. The van der Waals surface area contributed by atoms with Crippen molar-refractivity contribution in [1.82, 2.24) is 15.2 Å². The number of nitrogens with zero attached hydrogens (tertiary/aromatic N) is 5. The monoisotopic (exact) mass is 554 g/mol. The highest BCUT2D eigenvalue weighted by molar-refractivity contribution is 5.95. The van der Waals surface area contributed by atoms with E-state index in [0.717, 1.165) is 41.9 Å². The predicted molar refractivity (Wildman–Crippen MR) is 159 cm³/mol. The zero-order valence-electron chi connectivity index (χ0n) is 24.4. The van der Waals surface area contributed by atoms with E-state index in [-0.39, 0.29) is 18.2 Å². The topological polar surface area (TPSA) is 94.0 Å². The van der Waals surface area contributed by atoms with E-state index in [1.807, 2.05) is 32.9 Å². The van der Waals surface area contributed by atoms with Crippen LogP contribution in [0.5, 0.6) is 0 Å². The molecule has 6 rings (SSSR count). The quantitative estimate of drug-likeness (QED) is 0.500. The summed E-state index contributed by atoms with van der Waals surface area (Å²) < 4.78 is 11.2. The molecule has 0 bridgehead atoms. The summed E-state index contributed by atoms with van der Waals surface area (Å²) in [5, 5.41) is 13.6. The number of methoxy groups -OCH3 is 1. The van der Waals surface area contributed by atoms with Gasteiger partial charge in [-0.05, 0) is 75.2 Å². The van der Waals surface area contributed by atoms with Gasteiger partial charge in [0.1, 0.15) is 11.7 Å². The van der Waals surface area contributed by atoms with Crippen LogP contribution in [0.3, 0.4) is 0 Å².